The minimum atomic E-state index is -1.08. The number of hydrogen-bond donors (Lipinski definition) is 3. The molecule has 1 saturated carbocycles. The summed E-state index contributed by atoms with van der Waals surface area (Å²) in [5, 5.41) is 22.0. The second-order valence-electron chi connectivity index (χ2n) is 5.77. The number of carboxylic acid groups (broad SMARTS) is 1. The average molecular weight is 299 g/mol. The van der Waals surface area contributed by atoms with Crippen molar-refractivity contribution in [2.75, 3.05) is 11.9 Å². The Morgan fingerprint density at radius 1 is 1.33 bits per heavy atom. The molecule has 3 N–H and O–H groups in total. The van der Waals surface area contributed by atoms with Crippen molar-refractivity contribution in [1.29, 1.82) is 0 Å². The molecule has 0 radical (unpaired) electrons. The van der Waals surface area contributed by atoms with E-state index in [1.165, 1.54) is 6.92 Å². The van der Waals surface area contributed by atoms with E-state index in [1.807, 2.05) is 0 Å². The van der Waals surface area contributed by atoms with Crippen molar-refractivity contribution in [3.05, 3.63) is 29.3 Å². The number of aryl methyl sites for hydroxylation is 1. The highest BCUT2D eigenvalue weighted by molar-refractivity contribution is 5.70. The van der Waals surface area contributed by atoms with Crippen LogP contribution in [0.15, 0.2) is 12.1 Å². The van der Waals surface area contributed by atoms with Gasteiger partial charge in [0.2, 0.25) is 0 Å². The van der Waals surface area contributed by atoms with Crippen LogP contribution in [0.2, 0.25) is 0 Å². The molecule has 0 amide bonds. The molecule has 0 heterocycles. The Morgan fingerprint density at radius 3 is 2.52 bits per heavy atom. The van der Waals surface area contributed by atoms with E-state index in [1.54, 1.807) is 0 Å². The van der Waals surface area contributed by atoms with Crippen LogP contribution in [0.3, 0.4) is 0 Å². The van der Waals surface area contributed by atoms with Gasteiger partial charge in [0.25, 0.3) is 0 Å². The Balaban J connectivity index is 1.97. The van der Waals surface area contributed by atoms with E-state index in [4.69, 9.17) is 5.11 Å². The third-order valence-corrected chi connectivity index (χ3v) is 4.12. The van der Waals surface area contributed by atoms with E-state index in [9.17, 15) is 18.7 Å². The van der Waals surface area contributed by atoms with Crippen molar-refractivity contribution >= 4 is 11.7 Å². The molecular weight excluding hydrogens is 280 g/mol. The van der Waals surface area contributed by atoms with Gasteiger partial charge in [-0.2, -0.15) is 0 Å². The highest BCUT2D eigenvalue weighted by Crippen LogP contribution is 2.32. The van der Waals surface area contributed by atoms with Crippen LogP contribution in [0.4, 0.5) is 14.5 Å². The molecule has 0 aromatic heterocycles. The van der Waals surface area contributed by atoms with Gasteiger partial charge in [0.1, 0.15) is 11.6 Å². The first-order valence-electron chi connectivity index (χ1n) is 6.95. The lowest BCUT2D eigenvalue weighted by Crippen LogP contribution is -2.42. The van der Waals surface area contributed by atoms with E-state index >= 15 is 0 Å². The van der Waals surface area contributed by atoms with Gasteiger partial charge in [0, 0.05) is 12.6 Å². The van der Waals surface area contributed by atoms with Gasteiger partial charge in [-0.1, -0.05) is 0 Å². The fourth-order valence-electron chi connectivity index (χ4n) is 2.62. The average Bonchev–Trinajstić information content (AvgIpc) is 2.42. The van der Waals surface area contributed by atoms with E-state index in [2.05, 4.69) is 5.32 Å². The summed E-state index contributed by atoms with van der Waals surface area (Å²) >= 11 is 0. The van der Waals surface area contributed by atoms with Crippen LogP contribution in [0.1, 0.15) is 31.2 Å². The molecule has 0 bridgehead atoms. The van der Waals surface area contributed by atoms with Crippen molar-refractivity contribution in [1.82, 2.24) is 0 Å². The monoisotopic (exact) mass is 299 g/mol. The minimum absolute atomic E-state index is 0.00637. The molecule has 0 atom stereocenters. The molecule has 1 aliphatic rings. The van der Waals surface area contributed by atoms with Gasteiger partial charge in [-0.25, -0.2) is 8.78 Å². The number of carboxylic acids is 1. The second kappa shape index (κ2) is 5.97. The topological polar surface area (TPSA) is 69.6 Å². The van der Waals surface area contributed by atoms with E-state index in [0.717, 1.165) is 12.1 Å². The molecule has 4 nitrogen and oxygen atoms in total. The highest BCUT2D eigenvalue weighted by atomic mass is 19.1. The van der Waals surface area contributed by atoms with E-state index < -0.39 is 29.1 Å². The van der Waals surface area contributed by atoms with Crippen molar-refractivity contribution < 1.29 is 23.8 Å². The Labute approximate surface area is 121 Å². The molecule has 0 unspecified atom stereocenters. The van der Waals surface area contributed by atoms with Crippen molar-refractivity contribution in [2.45, 2.75) is 38.2 Å². The van der Waals surface area contributed by atoms with Crippen LogP contribution >= 0.6 is 0 Å². The largest absolute Gasteiger partial charge is 0.481 e. The Morgan fingerprint density at radius 2 is 1.95 bits per heavy atom. The van der Waals surface area contributed by atoms with E-state index in [-0.39, 0.29) is 17.8 Å². The summed E-state index contributed by atoms with van der Waals surface area (Å²) in [6, 6.07) is 2.17. The first-order valence-corrected chi connectivity index (χ1v) is 6.95. The predicted molar refractivity (Wildman–Crippen MR) is 74.1 cm³/mol. The van der Waals surface area contributed by atoms with Gasteiger partial charge in [0.15, 0.2) is 0 Å². The number of aliphatic carboxylic acids is 1. The highest BCUT2D eigenvalue weighted by Gasteiger charge is 2.35. The molecule has 1 aromatic carbocycles. The van der Waals surface area contributed by atoms with Crippen LogP contribution in [0.5, 0.6) is 0 Å². The fourth-order valence-corrected chi connectivity index (χ4v) is 2.62. The molecule has 1 aliphatic carbocycles. The number of halogens is 2. The maximum atomic E-state index is 13.7. The fraction of sp³-hybridized carbons (Fsp3) is 0.533. The van der Waals surface area contributed by atoms with Gasteiger partial charge in [-0.05, 0) is 44.2 Å². The van der Waals surface area contributed by atoms with E-state index in [0.29, 0.717) is 25.7 Å². The normalized spacial score (nSPS) is 25.6. The number of anilines is 1. The third-order valence-electron chi connectivity index (χ3n) is 4.12. The lowest BCUT2D eigenvalue weighted by atomic mass is 9.79. The standard InChI is InChI=1S/C15H19F2NO3/c1-9-6-12(17)13(7-11(9)16)18-8-15(21)4-2-10(3-5-15)14(19)20/h6-7,10,18,21H,2-5,8H2,1H3,(H,19,20). The second-order valence-corrected chi connectivity index (χ2v) is 5.77. The Bertz CT molecular complexity index is 540. The molecule has 0 aliphatic heterocycles. The molecule has 6 heteroatoms. The molecule has 1 fully saturated rings. The lowest BCUT2D eigenvalue weighted by Gasteiger charge is -2.35. The SMILES string of the molecule is Cc1cc(F)c(NCC2(O)CCC(C(=O)O)CC2)cc1F. The quantitative estimate of drug-likeness (QED) is 0.799. The number of hydrogen-bond acceptors (Lipinski definition) is 3. The minimum Gasteiger partial charge on any atom is -0.481 e. The van der Waals surface area contributed by atoms with Gasteiger partial charge >= 0.3 is 5.97 Å². The zero-order chi connectivity index (χ0) is 15.6. The lowest BCUT2D eigenvalue weighted by molar-refractivity contribution is -0.144. The summed E-state index contributed by atoms with van der Waals surface area (Å²) in [5.74, 6) is -2.37. The predicted octanol–water partition coefficient (Wildman–Crippen LogP) is 2.69. The molecule has 21 heavy (non-hydrogen) atoms. The smallest absolute Gasteiger partial charge is 0.306 e. The Kier molecular flexibility index (Phi) is 4.46. The Hall–Kier alpha value is -1.69. The molecule has 2 rings (SSSR count). The van der Waals surface area contributed by atoms with Gasteiger partial charge in [0.05, 0.1) is 17.2 Å². The molecule has 116 valence electrons. The van der Waals surface area contributed by atoms with Gasteiger partial charge in [-0.3, -0.25) is 4.79 Å². The zero-order valence-corrected chi connectivity index (χ0v) is 11.8. The zero-order valence-electron chi connectivity index (χ0n) is 11.8. The van der Waals surface area contributed by atoms with Crippen LogP contribution in [-0.4, -0.2) is 28.3 Å². The maximum Gasteiger partial charge on any atom is 0.306 e. The summed E-state index contributed by atoms with van der Waals surface area (Å²) in [6.07, 6.45) is 1.43. The number of rotatable bonds is 4. The summed E-state index contributed by atoms with van der Waals surface area (Å²) in [5.41, 5.74) is -0.856. The van der Waals surface area contributed by atoms with Gasteiger partial charge < -0.3 is 15.5 Å². The molecular formula is C15H19F2NO3. The van der Waals surface area contributed by atoms with Crippen LogP contribution in [0.25, 0.3) is 0 Å². The number of carbonyl (C=O) groups is 1. The summed E-state index contributed by atoms with van der Waals surface area (Å²) in [4.78, 5) is 10.9. The number of nitrogens with one attached hydrogen (secondary N) is 1. The van der Waals surface area contributed by atoms with Crippen molar-refractivity contribution in [3.8, 4) is 0 Å². The van der Waals surface area contributed by atoms with Crippen LogP contribution < -0.4 is 5.32 Å². The van der Waals surface area contributed by atoms with Crippen molar-refractivity contribution in [2.24, 2.45) is 5.92 Å². The first-order chi connectivity index (χ1) is 9.81. The molecule has 0 saturated heterocycles. The summed E-state index contributed by atoms with van der Waals surface area (Å²) in [6.45, 7) is 1.54. The summed E-state index contributed by atoms with van der Waals surface area (Å²) in [7, 11) is 0. The third kappa shape index (κ3) is 3.69. The van der Waals surface area contributed by atoms with Gasteiger partial charge in [-0.15, -0.1) is 0 Å². The number of benzene rings is 1. The van der Waals surface area contributed by atoms with Crippen LogP contribution in [-0.2, 0) is 4.79 Å². The van der Waals surface area contributed by atoms with Crippen molar-refractivity contribution in [3.63, 3.8) is 0 Å². The number of aliphatic hydroxyl groups is 1. The first kappa shape index (κ1) is 15.7. The molecule has 0 spiro atoms. The maximum absolute atomic E-state index is 13.7. The van der Waals surface area contributed by atoms with Crippen LogP contribution in [0, 0.1) is 24.5 Å². The molecule has 1 aromatic rings. The summed E-state index contributed by atoms with van der Waals surface area (Å²) < 4.78 is 27.1.